The van der Waals surface area contributed by atoms with Crippen LogP contribution in [0.2, 0.25) is 0 Å². The number of nitrogens with zero attached hydrogens (tertiary/aromatic N) is 2. The van der Waals surface area contributed by atoms with Gasteiger partial charge >= 0.3 is 6.18 Å². The Morgan fingerprint density at radius 3 is 2.43 bits per heavy atom. The number of furan rings is 1. The molecule has 234 valence electrons. The lowest BCUT2D eigenvalue weighted by atomic mass is 10.0. The summed E-state index contributed by atoms with van der Waals surface area (Å²) in [5.74, 6) is -0.520. The van der Waals surface area contributed by atoms with Gasteiger partial charge in [0.15, 0.2) is 5.75 Å². The maximum absolute atomic E-state index is 13.3. The number of aryl methyl sites for hydroxylation is 1. The number of aromatic hydroxyl groups is 1. The van der Waals surface area contributed by atoms with Crippen LogP contribution < -0.4 is 5.43 Å². The largest absolute Gasteiger partial charge is 0.503 e. The van der Waals surface area contributed by atoms with E-state index >= 15 is 0 Å². The zero-order valence-corrected chi connectivity index (χ0v) is 26.3. The van der Waals surface area contributed by atoms with Crippen LogP contribution in [0.4, 0.5) is 13.2 Å². The summed E-state index contributed by atoms with van der Waals surface area (Å²) in [6.07, 6.45) is -1.48. The van der Waals surface area contributed by atoms with Crippen molar-refractivity contribution in [2.45, 2.75) is 41.9 Å². The van der Waals surface area contributed by atoms with Crippen molar-refractivity contribution in [2.75, 3.05) is 0 Å². The molecule has 0 aliphatic rings. The summed E-state index contributed by atoms with van der Waals surface area (Å²) in [6, 6.07) is 32.2. The Bertz CT molecular complexity index is 2040. The van der Waals surface area contributed by atoms with E-state index in [0.717, 1.165) is 48.9 Å². The van der Waals surface area contributed by atoms with Gasteiger partial charge in [-0.1, -0.05) is 72.8 Å². The van der Waals surface area contributed by atoms with Crippen molar-refractivity contribution < 1.29 is 22.7 Å². The predicted molar refractivity (Wildman–Crippen MR) is 178 cm³/mol. The van der Waals surface area contributed by atoms with E-state index in [2.05, 4.69) is 24.3 Å². The van der Waals surface area contributed by atoms with Crippen molar-refractivity contribution in [3.05, 3.63) is 148 Å². The van der Waals surface area contributed by atoms with Crippen molar-refractivity contribution in [1.82, 2.24) is 8.87 Å². The van der Waals surface area contributed by atoms with E-state index in [0.29, 0.717) is 12.4 Å². The number of pyridine rings is 1. The fourth-order valence-corrected chi connectivity index (χ4v) is 7.03. The summed E-state index contributed by atoms with van der Waals surface area (Å²) in [5, 5.41) is 11.9. The third-order valence-corrected chi connectivity index (χ3v) is 9.64. The zero-order valence-electron chi connectivity index (χ0n) is 24.7. The number of alkyl halides is 3. The minimum Gasteiger partial charge on any atom is -0.503 e. The SMILES string of the molecule is Cc1ccc2ccccc2c1SN(Cc1ccc(-c2cccc(SCn3ccc(=O)c(O)c3)c2)cc1)Cc1ccc(C(F)(F)F)o1. The average molecular weight is 659 g/mol. The maximum atomic E-state index is 13.3. The van der Waals surface area contributed by atoms with Crippen LogP contribution in [0, 0.1) is 6.92 Å². The second-order valence-electron chi connectivity index (χ2n) is 10.8. The van der Waals surface area contributed by atoms with Crippen LogP contribution in [-0.2, 0) is 25.1 Å². The molecule has 0 saturated heterocycles. The number of hydrogen-bond donors (Lipinski definition) is 1. The monoisotopic (exact) mass is 658 g/mol. The molecule has 1 N–H and O–H groups in total. The molecule has 0 atom stereocenters. The molecular weight excluding hydrogens is 630 g/mol. The minimum absolute atomic E-state index is 0.178. The van der Waals surface area contributed by atoms with Crippen LogP contribution >= 0.6 is 23.7 Å². The van der Waals surface area contributed by atoms with Crippen molar-refractivity contribution in [2.24, 2.45) is 0 Å². The first kappa shape index (κ1) is 31.6. The van der Waals surface area contributed by atoms with E-state index in [1.807, 2.05) is 71.9 Å². The Hall–Kier alpha value is -4.38. The summed E-state index contributed by atoms with van der Waals surface area (Å²) in [4.78, 5) is 13.6. The Labute approximate surface area is 272 Å². The molecule has 0 amide bonds. The van der Waals surface area contributed by atoms with Crippen LogP contribution in [-0.4, -0.2) is 14.0 Å². The molecule has 0 aliphatic carbocycles. The van der Waals surface area contributed by atoms with Crippen LogP contribution in [0.1, 0.15) is 22.6 Å². The van der Waals surface area contributed by atoms with E-state index in [1.165, 1.54) is 30.3 Å². The van der Waals surface area contributed by atoms with Crippen molar-refractivity contribution in [3.8, 4) is 16.9 Å². The summed E-state index contributed by atoms with van der Waals surface area (Å²) >= 11 is 3.09. The lowest BCUT2D eigenvalue weighted by Gasteiger charge is -2.22. The Morgan fingerprint density at radius 2 is 1.67 bits per heavy atom. The Kier molecular flexibility index (Phi) is 9.30. The number of halogens is 3. The summed E-state index contributed by atoms with van der Waals surface area (Å²) < 4.78 is 48.8. The molecule has 10 heteroatoms. The molecule has 0 aliphatic heterocycles. The highest BCUT2D eigenvalue weighted by Gasteiger charge is 2.35. The van der Waals surface area contributed by atoms with Gasteiger partial charge in [0, 0.05) is 28.6 Å². The van der Waals surface area contributed by atoms with E-state index < -0.39 is 17.4 Å². The molecule has 0 unspecified atom stereocenters. The first-order chi connectivity index (χ1) is 22.1. The number of fused-ring (bicyclic) bond motifs is 1. The molecule has 2 aromatic heterocycles. The molecule has 6 rings (SSSR count). The van der Waals surface area contributed by atoms with Crippen LogP contribution in [0.5, 0.6) is 5.75 Å². The molecule has 6 aromatic rings. The van der Waals surface area contributed by atoms with Crippen LogP contribution in [0.25, 0.3) is 21.9 Å². The van der Waals surface area contributed by atoms with Gasteiger partial charge in [0.1, 0.15) is 5.76 Å². The molecule has 4 aromatic carbocycles. The van der Waals surface area contributed by atoms with Crippen molar-refractivity contribution >= 4 is 34.5 Å². The van der Waals surface area contributed by atoms with E-state index in [1.54, 1.807) is 22.5 Å². The first-order valence-electron chi connectivity index (χ1n) is 14.4. The van der Waals surface area contributed by atoms with Gasteiger partial charge in [-0.15, -0.1) is 11.8 Å². The van der Waals surface area contributed by atoms with E-state index in [9.17, 15) is 23.1 Å². The van der Waals surface area contributed by atoms with Crippen LogP contribution in [0.3, 0.4) is 0 Å². The molecule has 0 radical (unpaired) electrons. The zero-order chi connectivity index (χ0) is 32.3. The molecule has 0 fully saturated rings. The molecule has 46 heavy (non-hydrogen) atoms. The minimum atomic E-state index is -4.54. The highest BCUT2D eigenvalue weighted by Crippen LogP contribution is 2.37. The summed E-state index contributed by atoms with van der Waals surface area (Å²) in [6.45, 7) is 2.68. The average Bonchev–Trinajstić information content (AvgIpc) is 3.53. The van der Waals surface area contributed by atoms with E-state index in [4.69, 9.17) is 4.42 Å². The van der Waals surface area contributed by atoms with Crippen molar-refractivity contribution in [1.29, 1.82) is 0 Å². The summed E-state index contributed by atoms with van der Waals surface area (Å²) in [5.41, 5.74) is 3.73. The lowest BCUT2D eigenvalue weighted by molar-refractivity contribution is -0.153. The maximum Gasteiger partial charge on any atom is 0.449 e. The fraction of sp³-hybridized carbons (Fsp3) is 0.139. The number of aromatic nitrogens is 1. The molecule has 2 heterocycles. The molecule has 5 nitrogen and oxygen atoms in total. The number of benzene rings is 4. The van der Waals surface area contributed by atoms with Gasteiger partial charge in [-0.3, -0.25) is 4.79 Å². The third kappa shape index (κ3) is 7.52. The van der Waals surface area contributed by atoms with Crippen molar-refractivity contribution in [3.63, 3.8) is 0 Å². The van der Waals surface area contributed by atoms with Crippen LogP contribution in [0.15, 0.2) is 135 Å². The normalized spacial score (nSPS) is 11.8. The molecule has 0 saturated carbocycles. The highest BCUT2D eigenvalue weighted by molar-refractivity contribution is 7.98. The Balaban J connectivity index is 1.21. The van der Waals surface area contributed by atoms with Gasteiger partial charge in [-0.05, 0) is 76.2 Å². The molecule has 0 spiro atoms. The second kappa shape index (κ2) is 13.5. The smallest absolute Gasteiger partial charge is 0.449 e. The summed E-state index contributed by atoms with van der Waals surface area (Å²) in [7, 11) is 0. The highest BCUT2D eigenvalue weighted by atomic mass is 32.2. The standard InChI is InChI=1S/C36H29F3N2O3S2/c1-24-9-12-27-5-2-3-8-31(27)35(24)46-41(21-29-15-16-34(44-29)36(37,38)39)20-25-10-13-26(14-11-25)28-6-4-7-30(19-28)45-23-40-18-17-32(42)33(43)22-40/h2-19,22,43H,20-21,23H2,1H3. The lowest BCUT2D eigenvalue weighted by Crippen LogP contribution is -2.15. The fourth-order valence-electron chi connectivity index (χ4n) is 5.03. The predicted octanol–water partition coefficient (Wildman–Crippen LogP) is 9.75. The quantitative estimate of drug-likeness (QED) is 0.117. The number of thioether (sulfide) groups is 1. The van der Waals surface area contributed by atoms with Gasteiger partial charge in [0.25, 0.3) is 0 Å². The van der Waals surface area contributed by atoms with Gasteiger partial charge in [-0.25, -0.2) is 4.31 Å². The number of hydrogen-bond acceptors (Lipinski definition) is 6. The molecule has 0 bridgehead atoms. The van der Waals surface area contributed by atoms with Gasteiger partial charge < -0.3 is 14.1 Å². The Morgan fingerprint density at radius 1 is 0.870 bits per heavy atom. The van der Waals surface area contributed by atoms with Gasteiger partial charge in [-0.2, -0.15) is 13.2 Å². The third-order valence-electron chi connectivity index (χ3n) is 7.39. The topological polar surface area (TPSA) is 58.6 Å². The number of rotatable bonds is 10. The second-order valence-corrected chi connectivity index (χ2v) is 12.9. The first-order valence-corrected chi connectivity index (χ1v) is 16.2. The van der Waals surface area contributed by atoms with E-state index in [-0.39, 0.29) is 18.1 Å². The van der Waals surface area contributed by atoms with Gasteiger partial charge in [0.05, 0.1) is 18.6 Å². The van der Waals surface area contributed by atoms with Gasteiger partial charge in [0.2, 0.25) is 11.2 Å². The molecular formula is C36H29F3N2O3S2.